The molecule has 0 amide bonds. The topological polar surface area (TPSA) is 46.2 Å². The Kier molecular flexibility index (Phi) is 15.4. The molecule has 3 saturated heterocycles. The Morgan fingerprint density at radius 3 is 2.24 bits per heavy atom. The number of hydrogen-bond acceptors (Lipinski definition) is 7. The van der Waals surface area contributed by atoms with E-state index in [-0.39, 0.29) is 22.8 Å². The van der Waals surface area contributed by atoms with E-state index in [1.54, 1.807) is 7.11 Å². The minimum absolute atomic E-state index is 0.0149. The van der Waals surface area contributed by atoms with Crippen LogP contribution in [-0.2, 0) is 20.6 Å². The van der Waals surface area contributed by atoms with E-state index < -0.39 is 0 Å². The summed E-state index contributed by atoms with van der Waals surface area (Å²) in [5.41, 5.74) is 1.31. The minimum Gasteiger partial charge on any atom is -0.493 e. The van der Waals surface area contributed by atoms with Gasteiger partial charge in [-0.3, -0.25) is 0 Å². The molecule has 0 aromatic heterocycles. The van der Waals surface area contributed by atoms with Gasteiger partial charge in [0.1, 0.15) is 0 Å². The van der Waals surface area contributed by atoms with E-state index in [0.29, 0.717) is 0 Å². The maximum Gasteiger partial charge on any atom is 0.200 e. The zero-order chi connectivity index (χ0) is 28.6. The SMILES string of the molecule is CCCCCCCCC[C@@H](CC1(CCc2ccc(OC3CCCCO3)c(OC)c2)SCCCS1)OC1CCCCO1. The van der Waals surface area contributed by atoms with Gasteiger partial charge in [-0.1, -0.05) is 57.9 Å². The minimum atomic E-state index is -0.164. The summed E-state index contributed by atoms with van der Waals surface area (Å²) < 4.78 is 30.7. The van der Waals surface area contributed by atoms with Gasteiger partial charge in [0.2, 0.25) is 0 Å². The van der Waals surface area contributed by atoms with E-state index in [0.717, 1.165) is 76.1 Å². The molecule has 0 bridgehead atoms. The highest BCUT2D eigenvalue weighted by Gasteiger charge is 2.37. The molecule has 1 aromatic rings. The summed E-state index contributed by atoms with van der Waals surface area (Å²) in [5, 5.41) is 0. The lowest BCUT2D eigenvalue weighted by atomic mass is 9.99. The second kappa shape index (κ2) is 18.9. The van der Waals surface area contributed by atoms with Gasteiger partial charge in [0.05, 0.1) is 23.9 Å². The lowest BCUT2D eigenvalue weighted by molar-refractivity contribution is -0.191. The molecule has 0 saturated carbocycles. The van der Waals surface area contributed by atoms with Gasteiger partial charge < -0.3 is 23.7 Å². The smallest absolute Gasteiger partial charge is 0.200 e. The first-order chi connectivity index (χ1) is 20.2. The van der Waals surface area contributed by atoms with Crippen LogP contribution in [0.15, 0.2) is 18.2 Å². The molecule has 3 aliphatic rings. The number of benzene rings is 1. The largest absolute Gasteiger partial charge is 0.493 e. The lowest BCUT2D eigenvalue weighted by Crippen LogP contribution is -2.35. The molecule has 1 aromatic carbocycles. The molecule has 5 nitrogen and oxygen atoms in total. The Balaban J connectivity index is 1.36. The molecule has 0 spiro atoms. The maximum atomic E-state index is 6.74. The highest BCUT2D eigenvalue weighted by Crippen LogP contribution is 2.50. The van der Waals surface area contributed by atoms with Crippen molar-refractivity contribution in [2.75, 3.05) is 31.8 Å². The van der Waals surface area contributed by atoms with Crippen LogP contribution in [0.5, 0.6) is 11.5 Å². The molecule has 3 heterocycles. The molecule has 7 heteroatoms. The van der Waals surface area contributed by atoms with Crippen molar-refractivity contribution in [1.82, 2.24) is 0 Å². The van der Waals surface area contributed by atoms with Gasteiger partial charge in [0, 0.05) is 13.0 Å². The van der Waals surface area contributed by atoms with Gasteiger partial charge in [-0.25, -0.2) is 0 Å². The van der Waals surface area contributed by atoms with Crippen molar-refractivity contribution in [2.24, 2.45) is 0 Å². The van der Waals surface area contributed by atoms with Crippen molar-refractivity contribution in [3.05, 3.63) is 23.8 Å². The van der Waals surface area contributed by atoms with Gasteiger partial charge in [-0.15, -0.1) is 23.5 Å². The molecule has 2 unspecified atom stereocenters. The van der Waals surface area contributed by atoms with Crippen LogP contribution >= 0.6 is 23.5 Å². The van der Waals surface area contributed by atoms with Gasteiger partial charge in [0.25, 0.3) is 0 Å². The predicted octanol–water partition coefficient (Wildman–Crippen LogP) is 9.54. The third-order valence-electron chi connectivity index (χ3n) is 8.59. The Bertz CT molecular complexity index is 834. The number of rotatable bonds is 18. The number of hydrogen-bond donors (Lipinski definition) is 0. The van der Waals surface area contributed by atoms with Crippen molar-refractivity contribution < 1.29 is 23.7 Å². The fourth-order valence-corrected chi connectivity index (χ4v) is 9.59. The van der Waals surface area contributed by atoms with Crippen molar-refractivity contribution >= 4 is 23.5 Å². The van der Waals surface area contributed by atoms with E-state index >= 15 is 0 Å². The van der Waals surface area contributed by atoms with Crippen LogP contribution in [0, 0.1) is 0 Å². The normalized spacial score (nSPS) is 23.7. The third kappa shape index (κ3) is 11.8. The molecule has 0 radical (unpaired) electrons. The summed E-state index contributed by atoms with van der Waals surface area (Å²) in [5.74, 6) is 4.09. The van der Waals surface area contributed by atoms with Crippen molar-refractivity contribution in [3.8, 4) is 11.5 Å². The van der Waals surface area contributed by atoms with Crippen molar-refractivity contribution in [1.29, 1.82) is 0 Å². The molecule has 3 atom stereocenters. The van der Waals surface area contributed by atoms with Crippen LogP contribution in [0.3, 0.4) is 0 Å². The highest BCUT2D eigenvalue weighted by atomic mass is 32.2. The van der Waals surface area contributed by atoms with Crippen LogP contribution in [-0.4, -0.2) is 54.6 Å². The molecule has 4 rings (SSSR count). The molecule has 3 fully saturated rings. The fraction of sp³-hybridized carbons (Fsp3) is 0.824. The molecule has 41 heavy (non-hydrogen) atoms. The first-order valence-corrected chi connectivity index (χ1v) is 18.7. The van der Waals surface area contributed by atoms with Crippen LogP contribution in [0.1, 0.15) is 122 Å². The fourth-order valence-electron chi connectivity index (χ4n) is 6.15. The predicted molar refractivity (Wildman–Crippen MR) is 173 cm³/mol. The zero-order valence-electron chi connectivity index (χ0n) is 25.9. The van der Waals surface area contributed by atoms with Gasteiger partial charge in [0.15, 0.2) is 24.1 Å². The average Bonchev–Trinajstić information content (AvgIpc) is 3.01. The Morgan fingerprint density at radius 1 is 0.854 bits per heavy atom. The lowest BCUT2D eigenvalue weighted by Gasteiger charge is -2.40. The van der Waals surface area contributed by atoms with Crippen LogP contribution < -0.4 is 9.47 Å². The average molecular weight is 609 g/mol. The monoisotopic (exact) mass is 608 g/mol. The molecular formula is C34H56O5S2. The maximum absolute atomic E-state index is 6.74. The summed E-state index contributed by atoms with van der Waals surface area (Å²) in [7, 11) is 1.74. The second-order valence-electron chi connectivity index (χ2n) is 12.0. The number of ether oxygens (including phenoxy) is 5. The summed E-state index contributed by atoms with van der Waals surface area (Å²) in [6.45, 7) is 3.91. The second-order valence-corrected chi connectivity index (χ2v) is 15.2. The molecule has 3 aliphatic heterocycles. The molecule has 0 aliphatic carbocycles. The Morgan fingerprint density at radius 2 is 1.56 bits per heavy atom. The number of aryl methyl sites for hydroxylation is 1. The van der Waals surface area contributed by atoms with E-state index in [1.807, 2.05) is 0 Å². The standard InChI is InChI=1S/C34H56O5S2/c1-3-4-5-6-7-8-9-15-29(38-32-16-10-12-22-36-32)27-34(40-24-14-25-41-34)21-20-28-18-19-30(31(26-28)35-2)39-33-17-11-13-23-37-33/h18-19,26,29,32-33H,3-17,20-25,27H2,1-2H3/t29-,32?,33?/m0/s1. The number of unbranched alkanes of at least 4 members (excludes halogenated alkanes) is 6. The zero-order valence-corrected chi connectivity index (χ0v) is 27.5. The summed E-state index contributed by atoms with van der Waals surface area (Å²) >= 11 is 4.36. The van der Waals surface area contributed by atoms with Crippen LogP contribution in [0.2, 0.25) is 0 Å². The van der Waals surface area contributed by atoms with Crippen molar-refractivity contribution in [3.63, 3.8) is 0 Å². The molecule has 234 valence electrons. The van der Waals surface area contributed by atoms with Gasteiger partial charge >= 0.3 is 0 Å². The first kappa shape index (κ1) is 33.3. The van der Waals surface area contributed by atoms with Crippen molar-refractivity contribution in [2.45, 2.75) is 145 Å². The van der Waals surface area contributed by atoms with Crippen LogP contribution in [0.4, 0.5) is 0 Å². The summed E-state index contributed by atoms with van der Waals surface area (Å²) in [4.78, 5) is 0. The Labute approximate surface area is 258 Å². The van der Waals surface area contributed by atoms with E-state index in [1.165, 1.54) is 81.3 Å². The van der Waals surface area contributed by atoms with Gasteiger partial charge in [-0.05, 0) is 93.4 Å². The summed E-state index contributed by atoms with van der Waals surface area (Å²) in [6, 6.07) is 6.47. The summed E-state index contributed by atoms with van der Waals surface area (Å²) in [6.07, 6.45) is 21.8. The van der Waals surface area contributed by atoms with E-state index in [9.17, 15) is 0 Å². The molecule has 0 N–H and O–H groups in total. The van der Waals surface area contributed by atoms with E-state index in [2.05, 4.69) is 48.6 Å². The number of methoxy groups -OCH3 is 1. The third-order valence-corrected chi connectivity index (χ3v) is 12.1. The molecular weight excluding hydrogens is 553 g/mol. The number of thioether (sulfide) groups is 2. The van der Waals surface area contributed by atoms with Crippen LogP contribution in [0.25, 0.3) is 0 Å². The Hall–Kier alpha value is -0.600. The van der Waals surface area contributed by atoms with Gasteiger partial charge in [-0.2, -0.15) is 0 Å². The quantitative estimate of drug-likeness (QED) is 0.154. The highest BCUT2D eigenvalue weighted by molar-refractivity contribution is 8.18. The first-order valence-electron chi connectivity index (χ1n) is 16.7. The van der Waals surface area contributed by atoms with E-state index in [4.69, 9.17) is 23.7 Å².